The molecule has 0 atom stereocenters. The minimum atomic E-state index is -0.279. The van der Waals surface area contributed by atoms with Gasteiger partial charge in [-0.2, -0.15) is 0 Å². The third-order valence-electron chi connectivity index (χ3n) is 3.49. The monoisotopic (exact) mass is 314 g/mol. The summed E-state index contributed by atoms with van der Waals surface area (Å²) in [4.78, 5) is 23.3. The first kappa shape index (κ1) is 15.0. The molecule has 5 nitrogen and oxygen atoms in total. The maximum atomic E-state index is 12.8. The second-order valence-corrected chi connectivity index (χ2v) is 5.18. The molecule has 2 amide bonds. The first-order valence-corrected chi connectivity index (χ1v) is 7.21. The predicted molar refractivity (Wildman–Crippen MR) is 83.0 cm³/mol. The number of nitrogens with one attached hydrogen (secondary N) is 2. The molecule has 0 radical (unpaired) electrons. The summed E-state index contributed by atoms with van der Waals surface area (Å²) >= 11 is 0. The van der Waals surface area contributed by atoms with Crippen LogP contribution in [0.2, 0.25) is 0 Å². The molecule has 0 aromatic heterocycles. The number of amides is 2. The van der Waals surface area contributed by atoms with Gasteiger partial charge in [0.15, 0.2) is 6.61 Å². The minimum Gasteiger partial charge on any atom is -0.482 e. The van der Waals surface area contributed by atoms with E-state index in [1.165, 1.54) is 12.1 Å². The molecular formula is C17H15FN2O3. The molecule has 0 bridgehead atoms. The highest BCUT2D eigenvalue weighted by atomic mass is 19.1. The molecule has 1 aliphatic rings. The second kappa shape index (κ2) is 6.48. The fraction of sp³-hybridized carbons (Fsp3) is 0.176. The van der Waals surface area contributed by atoms with E-state index in [1.54, 1.807) is 30.3 Å². The van der Waals surface area contributed by atoms with Crippen molar-refractivity contribution in [2.75, 3.05) is 18.5 Å². The van der Waals surface area contributed by atoms with Crippen molar-refractivity contribution in [1.29, 1.82) is 0 Å². The van der Waals surface area contributed by atoms with Gasteiger partial charge in [-0.1, -0.05) is 12.1 Å². The van der Waals surface area contributed by atoms with E-state index in [9.17, 15) is 14.0 Å². The van der Waals surface area contributed by atoms with Crippen molar-refractivity contribution in [3.05, 3.63) is 59.4 Å². The maximum absolute atomic E-state index is 12.8. The van der Waals surface area contributed by atoms with E-state index in [1.807, 2.05) is 0 Å². The third-order valence-corrected chi connectivity index (χ3v) is 3.49. The predicted octanol–water partition coefficient (Wildman–Crippen LogP) is 2.13. The number of halogens is 1. The Kier molecular flexibility index (Phi) is 4.23. The van der Waals surface area contributed by atoms with E-state index in [0.29, 0.717) is 30.0 Å². The first-order chi connectivity index (χ1) is 11.1. The fourth-order valence-corrected chi connectivity index (χ4v) is 2.29. The lowest BCUT2D eigenvalue weighted by Gasteiger charge is -2.18. The van der Waals surface area contributed by atoms with Gasteiger partial charge in [0, 0.05) is 12.1 Å². The van der Waals surface area contributed by atoms with Gasteiger partial charge in [-0.3, -0.25) is 9.59 Å². The standard InChI is InChI=1S/C17H15FN2O3/c18-13-4-1-11(2-5-13)7-8-19-17(22)12-3-6-14-15(9-12)23-10-16(21)20-14/h1-6,9H,7-8,10H2,(H,19,22)(H,20,21). The summed E-state index contributed by atoms with van der Waals surface area (Å²) in [7, 11) is 0. The molecule has 118 valence electrons. The number of rotatable bonds is 4. The van der Waals surface area contributed by atoms with Crippen LogP contribution in [0, 0.1) is 5.82 Å². The van der Waals surface area contributed by atoms with Crippen LogP contribution in [0.3, 0.4) is 0 Å². The van der Waals surface area contributed by atoms with Crippen molar-refractivity contribution in [1.82, 2.24) is 5.32 Å². The molecule has 2 aromatic rings. The van der Waals surface area contributed by atoms with Gasteiger partial charge in [-0.25, -0.2) is 4.39 Å². The smallest absolute Gasteiger partial charge is 0.262 e. The van der Waals surface area contributed by atoms with E-state index in [0.717, 1.165) is 5.56 Å². The molecular weight excluding hydrogens is 299 g/mol. The molecule has 0 unspecified atom stereocenters. The van der Waals surface area contributed by atoms with Crippen LogP contribution in [0.1, 0.15) is 15.9 Å². The Bertz CT molecular complexity index is 744. The number of hydrogen-bond donors (Lipinski definition) is 2. The average molecular weight is 314 g/mol. The Morgan fingerprint density at radius 1 is 1.22 bits per heavy atom. The maximum Gasteiger partial charge on any atom is 0.262 e. The van der Waals surface area contributed by atoms with Gasteiger partial charge < -0.3 is 15.4 Å². The number of fused-ring (bicyclic) bond motifs is 1. The largest absolute Gasteiger partial charge is 0.482 e. The zero-order valence-corrected chi connectivity index (χ0v) is 12.3. The number of ether oxygens (including phenoxy) is 1. The fourth-order valence-electron chi connectivity index (χ4n) is 2.29. The number of benzene rings is 2. The molecule has 1 heterocycles. The molecule has 3 rings (SSSR count). The van der Waals surface area contributed by atoms with E-state index in [-0.39, 0.29) is 24.2 Å². The molecule has 1 aliphatic heterocycles. The van der Waals surface area contributed by atoms with Crippen LogP contribution in [0.5, 0.6) is 5.75 Å². The Labute approximate surface area is 132 Å². The molecule has 0 aliphatic carbocycles. The van der Waals surface area contributed by atoms with Gasteiger partial charge in [0.2, 0.25) is 0 Å². The van der Waals surface area contributed by atoms with Gasteiger partial charge in [0.05, 0.1) is 5.69 Å². The zero-order valence-electron chi connectivity index (χ0n) is 12.3. The normalized spacial score (nSPS) is 12.8. The van der Waals surface area contributed by atoms with Crippen LogP contribution < -0.4 is 15.4 Å². The molecule has 0 saturated carbocycles. The Balaban J connectivity index is 1.58. The summed E-state index contributed by atoms with van der Waals surface area (Å²) in [5.41, 5.74) is 1.96. The molecule has 23 heavy (non-hydrogen) atoms. The van der Waals surface area contributed by atoms with Crippen LogP contribution in [0.15, 0.2) is 42.5 Å². The van der Waals surface area contributed by atoms with Crippen molar-refractivity contribution in [2.45, 2.75) is 6.42 Å². The summed E-state index contributed by atoms with van der Waals surface area (Å²) in [6, 6.07) is 11.0. The number of anilines is 1. The Hall–Kier alpha value is -2.89. The molecule has 0 spiro atoms. The van der Waals surface area contributed by atoms with Crippen LogP contribution in [0.25, 0.3) is 0 Å². The summed E-state index contributed by atoms with van der Waals surface area (Å²) < 4.78 is 18.1. The molecule has 2 N–H and O–H groups in total. The van der Waals surface area contributed by atoms with E-state index in [2.05, 4.69) is 10.6 Å². The number of carbonyl (C=O) groups excluding carboxylic acids is 2. The third kappa shape index (κ3) is 3.66. The van der Waals surface area contributed by atoms with E-state index >= 15 is 0 Å². The lowest BCUT2D eigenvalue weighted by Crippen LogP contribution is -2.27. The van der Waals surface area contributed by atoms with Gasteiger partial charge >= 0.3 is 0 Å². The van der Waals surface area contributed by atoms with Gasteiger partial charge in [0.25, 0.3) is 11.8 Å². The summed E-state index contributed by atoms with van der Waals surface area (Å²) in [5.74, 6) is -0.237. The molecule has 6 heteroatoms. The highest BCUT2D eigenvalue weighted by Gasteiger charge is 2.17. The minimum absolute atomic E-state index is 0.0529. The summed E-state index contributed by atoms with van der Waals surface area (Å²) in [6.45, 7) is 0.391. The second-order valence-electron chi connectivity index (χ2n) is 5.18. The number of carbonyl (C=O) groups is 2. The van der Waals surface area contributed by atoms with Gasteiger partial charge in [-0.05, 0) is 42.3 Å². The zero-order chi connectivity index (χ0) is 16.2. The van der Waals surface area contributed by atoms with Gasteiger partial charge in [0.1, 0.15) is 11.6 Å². The lowest BCUT2D eigenvalue weighted by molar-refractivity contribution is -0.118. The average Bonchev–Trinajstić information content (AvgIpc) is 2.56. The van der Waals surface area contributed by atoms with Crippen molar-refractivity contribution < 1.29 is 18.7 Å². The highest BCUT2D eigenvalue weighted by Crippen LogP contribution is 2.28. The van der Waals surface area contributed by atoms with Crippen molar-refractivity contribution in [2.24, 2.45) is 0 Å². The van der Waals surface area contributed by atoms with Crippen molar-refractivity contribution in [3.63, 3.8) is 0 Å². The first-order valence-electron chi connectivity index (χ1n) is 7.21. The van der Waals surface area contributed by atoms with E-state index < -0.39 is 0 Å². The van der Waals surface area contributed by atoms with Crippen LogP contribution in [0.4, 0.5) is 10.1 Å². The van der Waals surface area contributed by atoms with Crippen molar-refractivity contribution >= 4 is 17.5 Å². The van der Waals surface area contributed by atoms with Crippen LogP contribution in [-0.4, -0.2) is 25.0 Å². The van der Waals surface area contributed by atoms with Crippen LogP contribution >= 0.6 is 0 Å². The van der Waals surface area contributed by atoms with Crippen molar-refractivity contribution in [3.8, 4) is 5.75 Å². The summed E-state index contributed by atoms with van der Waals surface area (Å²) in [6.07, 6.45) is 0.615. The molecule has 0 fully saturated rings. The molecule has 2 aromatic carbocycles. The highest BCUT2D eigenvalue weighted by molar-refractivity contribution is 5.98. The van der Waals surface area contributed by atoms with Crippen LogP contribution in [-0.2, 0) is 11.2 Å². The SMILES string of the molecule is O=C1COc2cc(C(=O)NCCc3ccc(F)cc3)ccc2N1. The Morgan fingerprint density at radius 2 is 2.00 bits per heavy atom. The Morgan fingerprint density at radius 3 is 2.78 bits per heavy atom. The quantitative estimate of drug-likeness (QED) is 0.908. The van der Waals surface area contributed by atoms with Gasteiger partial charge in [-0.15, -0.1) is 0 Å². The summed E-state index contributed by atoms with van der Waals surface area (Å²) in [5, 5.41) is 5.47. The number of hydrogen-bond acceptors (Lipinski definition) is 3. The topological polar surface area (TPSA) is 67.4 Å². The molecule has 0 saturated heterocycles. The van der Waals surface area contributed by atoms with E-state index in [4.69, 9.17) is 4.74 Å². The lowest BCUT2D eigenvalue weighted by atomic mass is 10.1.